The highest BCUT2D eigenvalue weighted by Gasteiger charge is 2.12. The molecule has 2 N–H and O–H groups in total. The minimum absolute atomic E-state index is 0.181. The first-order valence-corrected chi connectivity index (χ1v) is 8.92. The van der Waals surface area contributed by atoms with Crippen LogP contribution in [0.25, 0.3) is 0 Å². The summed E-state index contributed by atoms with van der Waals surface area (Å²) in [5.41, 5.74) is 1.58. The van der Waals surface area contributed by atoms with Crippen molar-refractivity contribution < 1.29 is 9.53 Å². The van der Waals surface area contributed by atoms with Gasteiger partial charge in [-0.15, -0.1) is 0 Å². The number of carbonyl (C=O) groups is 1. The number of ether oxygens (including phenoxy) is 1. The molecule has 1 aromatic carbocycles. The van der Waals surface area contributed by atoms with Gasteiger partial charge in [0.15, 0.2) is 0 Å². The largest absolute Gasteiger partial charge is 0.497 e. The maximum absolute atomic E-state index is 12.2. The average Bonchev–Trinajstić information content (AvgIpc) is 2.92. The molecule has 1 heterocycles. The average molecular weight is 339 g/mol. The summed E-state index contributed by atoms with van der Waals surface area (Å²) >= 11 is 0. The molecule has 0 radical (unpaired) electrons. The fourth-order valence-electron chi connectivity index (χ4n) is 3.14. The number of hydrogen-bond acceptors (Lipinski definition) is 4. The lowest BCUT2D eigenvalue weighted by Crippen LogP contribution is -2.18. The molecular formula is C20H25N3O2. The van der Waals surface area contributed by atoms with E-state index in [0.717, 1.165) is 11.4 Å². The van der Waals surface area contributed by atoms with Crippen LogP contribution in [-0.2, 0) is 0 Å². The van der Waals surface area contributed by atoms with Gasteiger partial charge in [0.2, 0.25) is 0 Å². The molecule has 1 aliphatic rings. The molecule has 1 aliphatic carbocycles. The van der Waals surface area contributed by atoms with Gasteiger partial charge in [-0.3, -0.25) is 4.79 Å². The minimum atomic E-state index is -0.181. The molecule has 0 bridgehead atoms. The summed E-state index contributed by atoms with van der Waals surface area (Å²) in [5.74, 6) is 1.09. The summed E-state index contributed by atoms with van der Waals surface area (Å²) < 4.78 is 5.10. The Balaban J connectivity index is 1.56. The van der Waals surface area contributed by atoms with Gasteiger partial charge < -0.3 is 15.4 Å². The molecule has 0 saturated heterocycles. The first-order valence-electron chi connectivity index (χ1n) is 8.92. The number of benzene rings is 1. The second kappa shape index (κ2) is 8.51. The number of methoxy groups -OCH3 is 1. The highest BCUT2D eigenvalue weighted by molar-refractivity contribution is 6.03. The zero-order valence-corrected chi connectivity index (χ0v) is 14.6. The number of aromatic nitrogens is 1. The van der Waals surface area contributed by atoms with E-state index in [-0.39, 0.29) is 5.91 Å². The summed E-state index contributed by atoms with van der Waals surface area (Å²) in [7, 11) is 1.60. The van der Waals surface area contributed by atoms with Crippen molar-refractivity contribution in [2.45, 2.75) is 44.6 Å². The number of nitrogens with one attached hydrogen (secondary N) is 2. The molecule has 0 aliphatic heterocycles. The molecule has 1 saturated carbocycles. The van der Waals surface area contributed by atoms with E-state index < -0.39 is 0 Å². The third kappa shape index (κ3) is 4.95. The maximum atomic E-state index is 12.2. The second-order valence-corrected chi connectivity index (χ2v) is 6.45. The smallest absolute Gasteiger partial charge is 0.256 e. The van der Waals surface area contributed by atoms with Gasteiger partial charge in [0.25, 0.3) is 5.91 Å². The highest BCUT2D eigenvalue weighted by Crippen LogP contribution is 2.21. The Kier molecular flexibility index (Phi) is 5.88. The number of pyridine rings is 1. The zero-order chi connectivity index (χ0) is 17.5. The monoisotopic (exact) mass is 339 g/mol. The van der Waals surface area contributed by atoms with Crippen molar-refractivity contribution in [3.05, 3.63) is 48.2 Å². The van der Waals surface area contributed by atoms with Crippen molar-refractivity contribution in [3.63, 3.8) is 0 Å². The van der Waals surface area contributed by atoms with Gasteiger partial charge in [-0.1, -0.05) is 25.7 Å². The van der Waals surface area contributed by atoms with E-state index in [0.29, 0.717) is 17.4 Å². The summed E-state index contributed by atoms with van der Waals surface area (Å²) in [5, 5.41) is 6.37. The van der Waals surface area contributed by atoms with Crippen LogP contribution in [0.3, 0.4) is 0 Å². The Bertz CT molecular complexity index is 675. The van der Waals surface area contributed by atoms with Crippen LogP contribution in [0.5, 0.6) is 5.75 Å². The summed E-state index contributed by atoms with van der Waals surface area (Å²) in [6.45, 7) is 0. The van der Waals surface area contributed by atoms with E-state index in [1.54, 1.807) is 37.6 Å². The molecule has 25 heavy (non-hydrogen) atoms. The molecule has 3 rings (SSSR count). The molecular weight excluding hydrogens is 314 g/mol. The minimum Gasteiger partial charge on any atom is -0.497 e. The van der Waals surface area contributed by atoms with Crippen LogP contribution in [0.1, 0.15) is 48.9 Å². The van der Waals surface area contributed by atoms with E-state index >= 15 is 0 Å². The van der Waals surface area contributed by atoms with E-state index in [2.05, 4.69) is 15.6 Å². The summed E-state index contributed by atoms with van der Waals surface area (Å²) in [4.78, 5) is 16.6. The first-order chi connectivity index (χ1) is 12.2. The second-order valence-electron chi connectivity index (χ2n) is 6.45. The van der Waals surface area contributed by atoms with Crippen LogP contribution in [0.15, 0.2) is 42.6 Å². The quantitative estimate of drug-likeness (QED) is 0.789. The Labute approximate surface area is 148 Å². The predicted molar refractivity (Wildman–Crippen MR) is 100 cm³/mol. The number of nitrogens with zero attached hydrogens (tertiary/aromatic N) is 1. The van der Waals surface area contributed by atoms with Gasteiger partial charge in [-0.25, -0.2) is 4.98 Å². The van der Waals surface area contributed by atoms with Crippen LogP contribution >= 0.6 is 0 Å². The Morgan fingerprint density at radius 1 is 1.04 bits per heavy atom. The van der Waals surface area contributed by atoms with Gasteiger partial charge in [0.1, 0.15) is 11.6 Å². The molecule has 132 valence electrons. The fourth-order valence-corrected chi connectivity index (χ4v) is 3.14. The molecule has 5 heteroatoms. The number of amides is 1. The lowest BCUT2D eigenvalue weighted by Gasteiger charge is -2.17. The van der Waals surface area contributed by atoms with Gasteiger partial charge in [-0.05, 0) is 49.2 Å². The van der Waals surface area contributed by atoms with Crippen molar-refractivity contribution >= 4 is 17.4 Å². The van der Waals surface area contributed by atoms with E-state index in [1.165, 1.54) is 38.5 Å². The van der Waals surface area contributed by atoms with Gasteiger partial charge >= 0.3 is 0 Å². The van der Waals surface area contributed by atoms with Gasteiger partial charge in [-0.2, -0.15) is 0 Å². The first kappa shape index (κ1) is 17.3. The third-order valence-electron chi connectivity index (χ3n) is 4.58. The van der Waals surface area contributed by atoms with Gasteiger partial charge in [0, 0.05) is 11.6 Å². The van der Waals surface area contributed by atoms with Crippen LogP contribution in [-0.4, -0.2) is 24.0 Å². The Morgan fingerprint density at radius 2 is 1.76 bits per heavy atom. The van der Waals surface area contributed by atoms with Crippen molar-refractivity contribution in [1.29, 1.82) is 0 Å². The highest BCUT2D eigenvalue weighted by atomic mass is 16.5. The van der Waals surface area contributed by atoms with Gasteiger partial charge in [0.05, 0.1) is 19.0 Å². The Hall–Kier alpha value is -2.56. The molecule has 0 atom stereocenters. The van der Waals surface area contributed by atoms with Crippen LogP contribution < -0.4 is 15.4 Å². The Morgan fingerprint density at radius 3 is 2.36 bits per heavy atom. The number of rotatable bonds is 5. The number of carbonyl (C=O) groups excluding carboxylic acids is 1. The number of anilines is 2. The molecule has 2 aromatic rings. The molecule has 1 amide bonds. The topological polar surface area (TPSA) is 63.2 Å². The third-order valence-corrected chi connectivity index (χ3v) is 4.58. The lowest BCUT2D eigenvalue weighted by molar-refractivity contribution is 0.102. The standard InChI is InChI=1S/C20H25N3O2/c1-25-18-11-8-15(9-12-18)20(24)23-19-13-10-17(14-21-19)22-16-6-4-2-3-5-7-16/h8-14,16,22H,2-7H2,1H3,(H,21,23,24). The van der Waals surface area contributed by atoms with Crippen molar-refractivity contribution in [1.82, 2.24) is 4.98 Å². The number of hydrogen-bond donors (Lipinski definition) is 2. The molecule has 1 fully saturated rings. The van der Waals surface area contributed by atoms with Crippen LogP contribution in [0.4, 0.5) is 11.5 Å². The zero-order valence-electron chi connectivity index (χ0n) is 14.6. The molecule has 0 spiro atoms. The molecule has 1 aromatic heterocycles. The SMILES string of the molecule is COc1ccc(C(=O)Nc2ccc(NC3CCCCCC3)cn2)cc1. The van der Waals surface area contributed by atoms with Crippen molar-refractivity contribution in [2.75, 3.05) is 17.7 Å². The molecule has 0 unspecified atom stereocenters. The fraction of sp³-hybridized carbons (Fsp3) is 0.400. The van der Waals surface area contributed by atoms with Crippen molar-refractivity contribution in [2.24, 2.45) is 0 Å². The van der Waals surface area contributed by atoms with E-state index in [1.807, 2.05) is 12.1 Å². The van der Waals surface area contributed by atoms with E-state index in [4.69, 9.17) is 4.74 Å². The normalized spacial score (nSPS) is 15.2. The lowest BCUT2D eigenvalue weighted by atomic mass is 10.1. The summed E-state index contributed by atoms with van der Waals surface area (Å²) in [6, 6.07) is 11.3. The van der Waals surface area contributed by atoms with Crippen LogP contribution in [0, 0.1) is 0 Å². The summed E-state index contributed by atoms with van der Waals surface area (Å²) in [6.07, 6.45) is 9.49. The van der Waals surface area contributed by atoms with Crippen LogP contribution in [0.2, 0.25) is 0 Å². The predicted octanol–water partition coefficient (Wildman–Crippen LogP) is 4.48. The van der Waals surface area contributed by atoms with E-state index in [9.17, 15) is 4.79 Å². The molecule has 5 nitrogen and oxygen atoms in total. The van der Waals surface area contributed by atoms with Crippen molar-refractivity contribution in [3.8, 4) is 5.75 Å². The maximum Gasteiger partial charge on any atom is 0.256 e.